The van der Waals surface area contributed by atoms with Crippen LogP contribution in [0.15, 0.2) is 70.3 Å². The fourth-order valence-electron chi connectivity index (χ4n) is 4.06. The summed E-state index contributed by atoms with van der Waals surface area (Å²) in [7, 11) is -3.53. The summed E-state index contributed by atoms with van der Waals surface area (Å²) in [6, 6.07) is 18.2. The van der Waals surface area contributed by atoms with Crippen LogP contribution in [-0.4, -0.2) is 48.6 Å². The molecule has 2 heterocycles. The molecular weight excluding hydrogens is 444 g/mol. The van der Waals surface area contributed by atoms with Crippen molar-refractivity contribution in [2.45, 2.75) is 36.1 Å². The van der Waals surface area contributed by atoms with E-state index in [0.29, 0.717) is 30.3 Å². The van der Waals surface area contributed by atoms with Gasteiger partial charge in [-0.25, -0.2) is 8.42 Å². The third-order valence-corrected chi connectivity index (χ3v) is 9.09. The van der Waals surface area contributed by atoms with Gasteiger partial charge in [0.15, 0.2) is 0 Å². The number of sulfonamides is 1. The Morgan fingerprint density at radius 1 is 1.03 bits per heavy atom. The molecule has 0 bridgehead atoms. The van der Waals surface area contributed by atoms with Crippen LogP contribution in [0.5, 0.6) is 5.75 Å². The largest absolute Gasteiger partial charge is 0.508 e. The Labute approximate surface area is 193 Å². The van der Waals surface area contributed by atoms with Crippen LogP contribution in [0.2, 0.25) is 0 Å². The molecule has 0 saturated carbocycles. The second kappa shape index (κ2) is 8.86. The standard InChI is InChI=1S/C24H28N2O4S2/c1-24(2,28)19-7-9-20(10-8-19)26-14-13-25(32(29,30)23-4-3-15-31-23)17-21(26)16-18-5-11-22(27)12-6-18/h3-12,15,21,27-28H,13-14,16-17H2,1-2H3/t21-/m1/s1. The Morgan fingerprint density at radius 2 is 1.72 bits per heavy atom. The van der Waals surface area contributed by atoms with Gasteiger partial charge in [-0.15, -0.1) is 11.3 Å². The summed E-state index contributed by atoms with van der Waals surface area (Å²) in [6.07, 6.45) is 0.643. The number of phenolic OH excluding ortho intramolecular Hbond substituents is 1. The number of aliphatic hydroxyl groups is 1. The van der Waals surface area contributed by atoms with E-state index in [1.165, 1.54) is 11.3 Å². The van der Waals surface area contributed by atoms with Crippen molar-refractivity contribution in [2.24, 2.45) is 0 Å². The molecule has 1 atom stereocenters. The lowest BCUT2D eigenvalue weighted by molar-refractivity contribution is 0.0786. The van der Waals surface area contributed by atoms with Gasteiger partial charge >= 0.3 is 0 Å². The van der Waals surface area contributed by atoms with Gasteiger partial charge in [-0.3, -0.25) is 0 Å². The zero-order valence-corrected chi connectivity index (χ0v) is 19.8. The zero-order chi connectivity index (χ0) is 22.9. The predicted octanol–water partition coefficient (Wildman–Crippen LogP) is 3.80. The summed E-state index contributed by atoms with van der Waals surface area (Å²) in [5.41, 5.74) is 1.93. The smallest absolute Gasteiger partial charge is 0.252 e. The quantitative estimate of drug-likeness (QED) is 0.570. The lowest BCUT2D eigenvalue weighted by Crippen LogP contribution is -2.55. The van der Waals surface area contributed by atoms with Crippen LogP contribution in [0.25, 0.3) is 0 Å². The van der Waals surface area contributed by atoms with Crippen LogP contribution in [0.1, 0.15) is 25.0 Å². The van der Waals surface area contributed by atoms with E-state index >= 15 is 0 Å². The van der Waals surface area contributed by atoms with E-state index in [-0.39, 0.29) is 11.8 Å². The highest BCUT2D eigenvalue weighted by atomic mass is 32.2. The van der Waals surface area contributed by atoms with Gasteiger partial charge in [0.25, 0.3) is 10.0 Å². The maximum Gasteiger partial charge on any atom is 0.252 e. The fourth-order valence-corrected chi connectivity index (χ4v) is 6.68. The predicted molar refractivity (Wildman–Crippen MR) is 128 cm³/mol. The minimum absolute atomic E-state index is 0.0731. The summed E-state index contributed by atoms with van der Waals surface area (Å²) < 4.78 is 28.2. The average Bonchev–Trinajstić information content (AvgIpc) is 3.31. The number of benzene rings is 2. The highest BCUT2D eigenvalue weighted by Crippen LogP contribution is 2.30. The van der Waals surface area contributed by atoms with Crippen molar-refractivity contribution < 1.29 is 18.6 Å². The van der Waals surface area contributed by atoms with Crippen LogP contribution < -0.4 is 4.90 Å². The minimum atomic E-state index is -3.53. The lowest BCUT2D eigenvalue weighted by Gasteiger charge is -2.42. The van der Waals surface area contributed by atoms with E-state index < -0.39 is 15.6 Å². The van der Waals surface area contributed by atoms with E-state index in [1.807, 2.05) is 36.4 Å². The lowest BCUT2D eigenvalue weighted by atomic mass is 9.97. The molecule has 0 aliphatic carbocycles. The molecule has 0 radical (unpaired) electrons. The molecule has 32 heavy (non-hydrogen) atoms. The number of nitrogens with zero attached hydrogens (tertiary/aromatic N) is 2. The Bertz CT molecular complexity index is 1140. The maximum absolute atomic E-state index is 13.1. The first-order valence-electron chi connectivity index (χ1n) is 10.6. The van der Waals surface area contributed by atoms with Gasteiger partial charge in [-0.2, -0.15) is 4.31 Å². The monoisotopic (exact) mass is 472 g/mol. The van der Waals surface area contributed by atoms with Gasteiger partial charge in [0.05, 0.1) is 5.60 Å². The molecule has 8 heteroatoms. The van der Waals surface area contributed by atoms with Crippen molar-refractivity contribution in [2.75, 3.05) is 24.5 Å². The molecular formula is C24H28N2O4S2. The Kier molecular flexibility index (Phi) is 6.31. The Balaban J connectivity index is 1.62. The van der Waals surface area contributed by atoms with Gasteiger partial charge in [-0.1, -0.05) is 30.3 Å². The first-order chi connectivity index (χ1) is 15.1. The van der Waals surface area contributed by atoms with Gasteiger partial charge in [-0.05, 0) is 67.1 Å². The summed E-state index contributed by atoms with van der Waals surface area (Å²) in [5.74, 6) is 0.207. The number of hydrogen-bond acceptors (Lipinski definition) is 6. The molecule has 170 valence electrons. The highest BCUT2D eigenvalue weighted by Gasteiger charge is 2.35. The fraction of sp³-hybridized carbons (Fsp3) is 0.333. The Hall–Kier alpha value is -2.39. The summed E-state index contributed by atoms with van der Waals surface area (Å²) >= 11 is 1.24. The number of rotatable bonds is 6. The number of hydrogen-bond donors (Lipinski definition) is 2. The highest BCUT2D eigenvalue weighted by molar-refractivity contribution is 7.91. The van der Waals surface area contributed by atoms with Crippen LogP contribution in [-0.2, 0) is 22.0 Å². The third kappa shape index (κ3) is 4.83. The number of aromatic hydroxyl groups is 1. The molecule has 1 fully saturated rings. The van der Waals surface area contributed by atoms with E-state index in [4.69, 9.17) is 0 Å². The minimum Gasteiger partial charge on any atom is -0.508 e. The average molecular weight is 473 g/mol. The molecule has 1 aliphatic rings. The van der Waals surface area contributed by atoms with E-state index in [0.717, 1.165) is 16.8 Å². The normalized spacial score (nSPS) is 18.1. The van der Waals surface area contributed by atoms with Gasteiger partial charge < -0.3 is 15.1 Å². The van der Waals surface area contributed by atoms with E-state index in [9.17, 15) is 18.6 Å². The number of piperazine rings is 1. The summed E-state index contributed by atoms with van der Waals surface area (Å²) in [5, 5.41) is 21.7. The van der Waals surface area contributed by atoms with Gasteiger partial charge in [0, 0.05) is 31.4 Å². The van der Waals surface area contributed by atoms with Crippen LogP contribution in [0.4, 0.5) is 5.69 Å². The Morgan fingerprint density at radius 3 is 2.31 bits per heavy atom. The van der Waals surface area contributed by atoms with Crippen molar-refractivity contribution in [1.82, 2.24) is 4.31 Å². The van der Waals surface area contributed by atoms with Crippen molar-refractivity contribution in [3.63, 3.8) is 0 Å². The van der Waals surface area contributed by atoms with Crippen molar-refractivity contribution in [3.05, 3.63) is 77.2 Å². The molecule has 6 nitrogen and oxygen atoms in total. The number of anilines is 1. The van der Waals surface area contributed by atoms with E-state index in [2.05, 4.69) is 4.90 Å². The topological polar surface area (TPSA) is 81.1 Å². The van der Waals surface area contributed by atoms with Crippen LogP contribution in [0.3, 0.4) is 0 Å². The molecule has 2 aromatic carbocycles. The first-order valence-corrected chi connectivity index (χ1v) is 12.9. The molecule has 0 spiro atoms. The third-order valence-electron chi connectivity index (χ3n) is 5.85. The number of thiophene rings is 1. The molecule has 2 N–H and O–H groups in total. The molecule has 3 aromatic rings. The summed E-state index contributed by atoms with van der Waals surface area (Å²) in [6.45, 7) is 4.84. The van der Waals surface area contributed by atoms with Crippen molar-refractivity contribution in [1.29, 1.82) is 0 Å². The second-order valence-corrected chi connectivity index (χ2v) is 11.7. The second-order valence-electron chi connectivity index (χ2n) is 8.62. The maximum atomic E-state index is 13.1. The molecule has 0 unspecified atom stereocenters. The van der Waals surface area contributed by atoms with Crippen LogP contribution >= 0.6 is 11.3 Å². The van der Waals surface area contributed by atoms with Gasteiger partial charge in [0.2, 0.25) is 0 Å². The van der Waals surface area contributed by atoms with Crippen molar-refractivity contribution >= 4 is 27.0 Å². The number of phenols is 1. The molecule has 4 rings (SSSR count). The first kappa shape index (κ1) is 22.8. The molecule has 1 saturated heterocycles. The SMILES string of the molecule is CC(C)(O)c1ccc(N2CCN(S(=O)(=O)c3cccs3)C[C@H]2Cc2ccc(O)cc2)cc1. The van der Waals surface area contributed by atoms with Crippen LogP contribution in [0, 0.1) is 0 Å². The zero-order valence-electron chi connectivity index (χ0n) is 18.2. The van der Waals surface area contributed by atoms with Gasteiger partial charge in [0.1, 0.15) is 9.96 Å². The molecule has 0 amide bonds. The van der Waals surface area contributed by atoms with E-state index in [1.54, 1.807) is 47.8 Å². The summed E-state index contributed by atoms with van der Waals surface area (Å²) in [4.78, 5) is 2.24. The van der Waals surface area contributed by atoms with Crippen molar-refractivity contribution in [3.8, 4) is 5.75 Å². The molecule has 1 aromatic heterocycles. The molecule has 1 aliphatic heterocycles.